The Kier molecular flexibility index (Phi) is 4.63. The Hall–Kier alpha value is -2.44. The number of carbonyl (C=O) groups excluding carboxylic acids is 1. The summed E-state index contributed by atoms with van der Waals surface area (Å²) in [6.45, 7) is 2.77. The predicted octanol–water partition coefficient (Wildman–Crippen LogP) is 4.20. The summed E-state index contributed by atoms with van der Waals surface area (Å²) in [6, 6.07) is 5.30. The number of amides is 1. The van der Waals surface area contributed by atoms with E-state index >= 15 is 0 Å². The first-order valence-electron chi connectivity index (χ1n) is 9.58. The van der Waals surface area contributed by atoms with Gasteiger partial charge in [-0.25, -0.2) is 9.97 Å². The minimum absolute atomic E-state index is 0.0736. The van der Waals surface area contributed by atoms with Crippen LogP contribution in [0.25, 0.3) is 0 Å². The molecule has 7 heteroatoms. The minimum atomic E-state index is -4.42. The van der Waals surface area contributed by atoms with Crippen LogP contribution >= 0.6 is 0 Å². The van der Waals surface area contributed by atoms with E-state index in [1.807, 2.05) is 6.92 Å². The van der Waals surface area contributed by atoms with Crippen molar-refractivity contribution in [2.75, 3.05) is 6.54 Å². The third kappa shape index (κ3) is 3.27. The number of fused-ring (bicyclic) bond motifs is 1. The fourth-order valence-corrected chi connectivity index (χ4v) is 4.49. The fraction of sp³-hybridized carbons (Fsp3) is 0.476. The predicted molar refractivity (Wildman–Crippen MR) is 97.5 cm³/mol. The number of rotatable bonds is 2. The van der Waals surface area contributed by atoms with Crippen LogP contribution in [0.2, 0.25) is 0 Å². The third-order valence-corrected chi connectivity index (χ3v) is 5.95. The van der Waals surface area contributed by atoms with E-state index in [-0.39, 0.29) is 5.91 Å². The second-order valence-electron chi connectivity index (χ2n) is 7.73. The number of halogens is 3. The molecule has 2 aliphatic rings. The second kappa shape index (κ2) is 6.87. The quantitative estimate of drug-likeness (QED) is 0.773. The van der Waals surface area contributed by atoms with Crippen molar-refractivity contribution >= 4 is 5.91 Å². The van der Waals surface area contributed by atoms with Crippen molar-refractivity contribution in [3.8, 4) is 0 Å². The summed E-state index contributed by atoms with van der Waals surface area (Å²) >= 11 is 0. The van der Waals surface area contributed by atoms with Gasteiger partial charge in [0.15, 0.2) is 0 Å². The van der Waals surface area contributed by atoms with Gasteiger partial charge in [0.1, 0.15) is 5.82 Å². The maximum Gasteiger partial charge on any atom is 0.416 e. The van der Waals surface area contributed by atoms with Crippen molar-refractivity contribution in [2.45, 2.75) is 57.2 Å². The van der Waals surface area contributed by atoms with Crippen LogP contribution in [-0.2, 0) is 29.4 Å². The first kappa shape index (κ1) is 18.9. The normalized spacial score (nSPS) is 18.8. The molecule has 4 nitrogen and oxygen atoms in total. The maximum absolute atomic E-state index is 13.6. The van der Waals surface area contributed by atoms with Crippen LogP contribution in [0.3, 0.4) is 0 Å². The molecule has 0 saturated heterocycles. The Morgan fingerprint density at radius 3 is 2.68 bits per heavy atom. The summed E-state index contributed by atoms with van der Waals surface area (Å²) in [7, 11) is 0. The van der Waals surface area contributed by atoms with Gasteiger partial charge >= 0.3 is 6.18 Å². The molecule has 28 heavy (non-hydrogen) atoms. The summed E-state index contributed by atoms with van der Waals surface area (Å²) in [5.41, 5.74) is 0.788. The average molecular weight is 389 g/mol. The molecule has 4 rings (SSSR count). The number of alkyl halides is 3. The molecule has 0 N–H and O–H groups in total. The van der Waals surface area contributed by atoms with Crippen LogP contribution in [0.4, 0.5) is 13.2 Å². The van der Waals surface area contributed by atoms with Gasteiger partial charge in [0.05, 0.1) is 16.7 Å². The van der Waals surface area contributed by atoms with E-state index in [1.54, 1.807) is 17.2 Å². The molecule has 2 heterocycles. The van der Waals surface area contributed by atoms with Crippen molar-refractivity contribution in [3.63, 3.8) is 0 Å². The van der Waals surface area contributed by atoms with E-state index in [4.69, 9.17) is 0 Å². The lowest BCUT2D eigenvalue weighted by molar-refractivity contribution is -0.140. The van der Waals surface area contributed by atoms with Gasteiger partial charge < -0.3 is 4.90 Å². The fourth-order valence-electron chi connectivity index (χ4n) is 4.49. The Morgan fingerprint density at radius 1 is 1.21 bits per heavy atom. The van der Waals surface area contributed by atoms with Crippen LogP contribution in [0, 0.1) is 6.92 Å². The lowest BCUT2D eigenvalue weighted by Crippen LogP contribution is -2.47. The van der Waals surface area contributed by atoms with Gasteiger partial charge in [0, 0.05) is 31.3 Å². The summed E-state index contributed by atoms with van der Waals surface area (Å²) in [6.07, 6.45) is 0.829. The molecule has 1 aromatic carbocycles. The van der Waals surface area contributed by atoms with Gasteiger partial charge in [0.25, 0.3) is 0 Å². The van der Waals surface area contributed by atoms with Crippen molar-refractivity contribution in [1.29, 1.82) is 0 Å². The third-order valence-electron chi connectivity index (χ3n) is 5.95. The Balaban J connectivity index is 1.67. The number of nitrogens with zero attached hydrogens (tertiary/aromatic N) is 3. The standard InChI is InChI=1S/C21H22F3N3O/c1-14-25-12-15-13-27(10-7-18(15)26-14)19(28)20(8-2-3-9-20)16-5-4-6-17(11-16)21(22,23)24/h4-6,11-12H,2-3,7-10,13H2,1H3. The van der Waals surface area contributed by atoms with E-state index in [0.29, 0.717) is 43.7 Å². The average Bonchev–Trinajstić information content (AvgIpc) is 3.17. The molecule has 0 atom stereocenters. The van der Waals surface area contributed by atoms with E-state index in [9.17, 15) is 18.0 Å². The van der Waals surface area contributed by atoms with Gasteiger partial charge in [0.2, 0.25) is 5.91 Å². The van der Waals surface area contributed by atoms with Gasteiger partial charge in [-0.05, 0) is 31.4 Å². The summed E-state index contributed by atoms with van der Waals surface area (Å²) in [5.74, 6) is 0.630. The molecule has 2 aromatic rings. The molecular weight excluding hydrogens is 367 g/mol. The monoisotopic (exact) mass is 389 g/mol. The largest absolute Gasteiger partial charge is 0.416 e. The Labute approximate surface area is 161 Å². The van der Waals surface area contributed by atoms with Crippen LogP contribution < -0.4 is 0 Å². The molecular formula is C21H22F3N3O. The highest BCUT2D eigenvalue weighted by Crippen LogP contribution is 2.44. The molecule has 1 amide bonds. The molecule has 1 fully saturated rings. The molecule has 0 radical (unpaired) electrons. The zero-order valence-electron chi connectivity index (χ0n) is 15.7. The highest BCUT2D eigenvalue weighted by molar-refractivity contribution is 5.89. The number of benzene rings is 1. The van der Waals surface area contributed by atoms with E-state index in [0.717, 1.165) is 36.2 Å². The molecule has 1 aliphatic carbocycles. The first-order valence-corrected chi connectivity index (χ1v) is 9.58. The molecule has 1 aliphatic heterocycles. The topological polar surface area (TPSA) is 46.1 Å². The Bertz CT molecular complexity index is 904. The minimum Gasteiger partial charge on any atom is -0.337 e. The van der Waals surface area contributed by atoms with E-state index in [1.165, 1.54) is 6.07 Å². The summed E-state index contributed by atoms with van der Waals surface area (Å²) in [5, 5.41) is 0. The Morgan fingerprint density at radius 2 is 1.96 bits per heavy atom. The number of hydrogen-bond donors (Lipinski definition) is 0. The number of aryl methyl sites for hydroxylation is 1. The SMILES string of the molecule is Cc1ncc2c(n1)CCN(C(=O)C1(c3cccc(C(F)(F)F)c3)CCCC1)C2. The smallest absolute Gasteiger partial charge is 0.337 e. The van der Waals surface area contributed by atoms with Crippen LogP contribution in [0.1, 0.15) is 53.9 Å². The van der Waals surface area contributed by atoms with Crippen molar-refractivity contribution in [2.24, 2.45) is 0 Å². The molecule has 1 aromatic heterocycles. The highest BCUT2D eigenvalue weighted by Gasteiger charge is 2.46. The highest BCUT2D eigenvalue weighted by atomic mass is 19.4. The lowest BCUT2D eigenvalue weighted by atomic mass is 9.76. The molecule has 0 bridgehead atoms. The second-order valence-corrected chi connectivity index (χ2v) is 7.73. The van der Waals surface area contributed by atoms with Crippen LogP contribution in [-0.4, -0.2) is 27.3 Å². The number of carbonyl (C=O) groups is 1. The summed E-state index contributed by atoms with van der Waals surface area (Å²) < 4.78 is 39.7. The van der Waals surface area contributed by atoms with Crippen molar-refractivity contribution in [3.05, 3.63) is 58.7 Å². The number of hydrogen-bond acceptors (Lipinski definition) is 3. The van der Waals surface area contributed by atoms with Crippen LogP contribution in [0.5, 0.6) is 0 Å². The van der Waals surface area contributed by atoms with E-state index < -0.39 is 17.2 Å². The van der Waals surface area contributed by atoms with Gasteiger partial charge in [-0.2, -0.15) is 13.2 Å². The summed E-state index contributed by atoms with van der Waals surface area (Å²) in [4.78, 5) is 24.0. The van der Waals surface area contributed by atoms with Gasteiger partial charge in [-0.3, -0.25) is 4.79 Å². The van der Waals surface area contributed by atoms with Gasteiger partial charge in [-0.15, -0.1) is 0 Å². The van der Waals surface area contributed by atoms with Gasteiger partial charge in [-0.1, -0.05) is 31.0 Å². The molecule has 1 saturated carbocycles. The van der Waals surface area contributed by atoms with Crippen molar-refractivity contribution < 1.29 is 18.0 Å². The molecule has 0 spiro atoms. The van der Waals surface area contributed by atoms with Crippen LogP contribution in [0.15, 0.2) is 30.5 Å². The lowest BCUT2D eigenvalue weighted by Gasteiger charge is -2.37. The molecule has 148 valence electrons. The van der Waals surface area contributed by atoms with E-state index in [2.05, 4.69) is 9.97 Å². The molecule has 0 unspecified atom stereocenters. The number of aromatic nitrogens is 2. The zero-order valence-corrected chi connectivity index (χ0v) is 15.7. The first-order chi connectivity index (χ1) is 13.3. The van der Waals surface area contributed by atoms with Crippen molar-refractivity contribution in [1.82, 2.24) is 14.9 Å². The zero-order chi connectivity index (χ0) is 19.9. The maximum atomic E-state index is 13.6.